The van der Waals surface area contributed by atoms with Crippen LogP contribution >= 0.6 is 8.18 Å². The monoisotopic (exact) mass is 582 g/mol. The smallest absolute Gasteiger partial charge is 0.351 e. The molecule has 0 aliphatic rings. The van der Waals surface area contributed by atoms with Crippen LogP contribution in [0.15, 0.2) is 17.1 Å². The van der Waals surface area contributed by atoms with Gasteiger partial charge in [0.25, 0.3) is 14.6 Å². The molecular formula is C24H41F2N4O8P. The molecule has 224 valence electrons. The lowest BCUT2D eigenvalue weighted by atomic mass is 9.97. The molecule has 0 aliphatic heterocycles. The van der Waals surface area contributed by atoms with Gasteiger partial charge in [0.15, 0.2) is 0 Å². The number of hydrogen-bond acceptors (Lipinski definition) is 9. The number of hydrogen-bond donors (Lipinski definition) is 3. The van der Waals surface area contributed by atoms with Crippen LogP contribution in [0.4, 0.5) is 14.6 Å². The van der Waals surface area contributed by atoms with Crippen molar-refractivity contribution in [3.8, 4) is 0 Å². The Bertz CT molecular complexity index is 991. The van der Waals surface area contributed by atoms with Crippen molar-refractivity contribution in [3.63, 3.8) is 0 Å². The summed E-state index contributed by atoms with van der Waals surface area (Å²) in [6, 6.07) is 0.365. The number of aliphatic hydroxyl groups excluding tert-OH is 1. The van der Waals surface area contributed by atoms with Crippen molar-refractivity contribution in [2.45, 2.75) is 104 Å². The number of nitrogens with zero attached hydrogens (tertiary/aromatic N) is 2. The highest BCUT2D eigenvalue weighted by Gasteiger charge is 2.32. The summed E-state index contributed by atoms with van der Waals surface area (Å²) < 4.78 is 55.2. The molecule has 1 aromatic rings. The number of carbonyl (C=O) groups is 2. The van der Waals surface area contributed by atoms with Crippen molar-refractivity contribution in [1.29, 1.82) is 0 Å². The fourth-order valence-corrected chi connectivity index (χ4v) is 4.43. The Morgan fingerprint density at radius 3 is 2.28 bits per heavy atom. The number of ether oxygens (including phenoxy) is 2. The van der Waals surface area contributed by atoms with Crippen molar-refractivity contribution in [2.24, 2.45) is 5.92 Å². The first-order valence-corrected chi connectivity index (χ1v) is 14.3. The van der Waals surface area contributed by atoms with Crippen molar-refractivity contribution >= 4 is 25.9 Å². The zero-order chi connectivity index (χ0) is 29.7. The van der Waals surface area contributed by atoms with E-state index in [1.165, 1.54) is 26.1 Å². The number of aromatic nitrogens is 2. The van der Waals surface area contributed by atoms with Crippen LogP contribution in [0.5, 0.6) is 0 Å². The Balaban J connectivity index is 2.88. The molecule has 0 radical (unpaired) electrons. The molecule has 0 fully saturated rings. The fraction of sp³-hybridized carbons (Fsp3) is 0.750. The Morgan fingerprint density at radius 2 is 1.77 bits per heavy atom. The van der Waals surface area contributed by atoms with Gasteiger partial charge in [-0.15, -0.1) is 0 Å². The maximum Gasteiger partial charge on any atom is 0.351 e. The largest absolute Gasteiger partial charge is 0.462 e. The molecule has 1 rings (SSSR count). The number of aliphatic hydroxyl groups is 1. The number of halogens is 2. The topological polar surface area (TPSA) is 158 Å². The van der Waals surface area contributed by atoms with Crippen molar-refractivity contribution in [3.05, 3.63) is 22.7 Å². The molecule has 3 N–H and O–H groups in total. The summed E-state index contributed by atoms with van der Waals surface area (Å²) in [6.07, 6.45) is -4.53. The second-order valence-corrected chi connectivity index (χ2v) is 10.5. The number of amides is 1. The number of rotatable bonds is 18. The first kappa shape index (κ1) is 34.8. The van der Waals surface area contributed by atoms with Gasteiger partial charge in [-0.3, -0.25) is 18.7 Å². The van der Waals surface area contributed by atoms with Gasteiger partial charge in [0.2, 0.25) is 5.91 Å². The lowest BCUT2D eigenvalue weighted by Crippen LogP contribution is -2.41. The average molecular weight is 583 g/mol. The van der Waals surface area contributed by atoms with Crippen LogP contribution < -0.4 is 16.1 Å². The number of anilines is 1. The quantitative estimate of drug-likeness (QED) is 0.173. The van der Waals surface area contributed by atoms with Crippen LogP contribution in [0.25, 0.3) is 0 Å². The standard InChI is InChI=1S/C24H41F2N4O8P/c1-7-9-17(10-8-2)22(32)27-19-11-12-30(24(34)28-19)16(6)38-18(20(31)21(25)26)13-36-39(35)29-15(5)23(33)37-14(3)4/h11-12,14-18,20-21,31,39H,7-10,13H2,1-6H3,(H,29,35)(H,27,28,32,34)/t15-,16?,18?,20?/m0/s1. The number of nitrogens with one attached hydrogen (secondary N) is 2. The van der Waals surface area contributed by atoms with Crippen LogP contribution in [-0.2, 0) is 28.2 Å². The Hall–Kier alpha value is -2.25. The minimum absolute atomic E-state index is 0.0351. The van der Waals surface area contributed by atoms with Gasteiger partial charge in [0.05, 0.1) is 12.7 Å². The van der Waals surface area contributed by atoms with E-state index in [9.17, 15) is 32.8 Å². The predicted octanol–water partition coefficient (Wildman–Crippen LogP) is 3.26. The highest BCUT2D eigenvalue weighted by molar-refractivity contribution is 7.36. The molecular weight excluding hydrogens is 541 g/mol. The van der Waals surface area contributed by atoms with E-state index in [1.807, 2.05) is 13.8 Å². The summed E-state index contributed by atoms with van der Waals surface area (Å²) >= 11 is 0. The SMILES string of the molecule is CCCC(CCC)C(=O)Nc1ccn(C(C)OC(CO[PH](=O)N[C@@H](C)C(=O)OC(C)C)C(O)C(F)F)c(=O)n1. The molecule has 15 heteroatoms. The van der Waals surface area contributed by atoms with Crippen LogP contribution in [0.3, 0.4) is 0 Å². The summed E-state index contributed by atoms with van der Waals surface area (Å²) in [5.41, 5.74) is -0.832. The summed E-state index contributed by atoms with van der Waals surface area (Å²) in [5, 5.41) is 14.9. The zero-order valence-electron chi connectivity index (χ0n) is 23.2. The van der Waals surface area contributed by atoms with Gasteiger partial charge in [0.1, 0.15) is 30.3 Å². The van der Waals surface area contributed by atoms with E-state index in [2.05, 4.69) is 15.4 Å². The molecule has 39 heavy (non-hydrogen) atoms. The molecule has 0 saturated heterocycles. The van der Waals surface area contributed by atoms with Gasteiger partial charge in [0, 0.05) is 12.1 Å². The molecule has 12 nitrogen and oxygen atoms in total. The average Bonchev–Trinajstić information content (AvgIpc) is 2.85. The summed E-state index contributed by atoms with van der Waals surface area (Å²) in [6.45, 7) is 9.23. The van der Waals surface area contributed by atoms with Gasteiger partial charge in [-0.1, -0.05) is 26.7 Å². The lowest BCUT2D eigenvalue weighted by molar-refractivity contribution is -0.150. The fourth-order valence-electron chi connectivity index (χ4n) is 3.56. The highest BCUT2D eigenvalue weighted by Crippen LogP contribution is 2.23. The number of esters is 1. The molecule has 0 bridgehead atoms. The molecule has 0 saturated carbocycles. The molecule has 4 unspecified atom stereocenters. The van der Waals surface area contributed by atoms with Crippen molar-refractivity contribution in [1.82, 2.24) is 14.6 Å². The molecule has 1 heterocycles. The third-order valence-electron chi connectivity index (χ3n) is 5.55. The third-order valence-corrected chi connectivity index (χ3v) is 6.64. The van der Waals surface area contributed by atoms with Crippen LogP contribution in [-0.4, -0.2) is 63.9 Å². The molecule has 0 spiro atoms. The van der Waals surface area contributed by atoms with Gasteiger partial charge < -0.3 is 24.4 Å². The summed E-state index contributed by atoms with van der Waals surface area (Å²) in [7, 11) is -3.12. The third kappa shape index (κ3) is 12.2. The maximum atomic E-state index is 13.3. The van der Waals surface area contributed by atoms with E-state index in [-0.39, 0.29) is 17.6 Å². The maximum absolute atomic E-state index is 13.3. The first-order chi connectivity index (χ1) is 18.3. The predicted molar refractivity (Wildman–Crippen MR) is 141 cm³/mol. The van der Waals surface area contributed by atoms with E-state index >= 15 is 0 Å². The molecule has 5 atom stereocenters. The molecule has 1 aromatic heterocycles. The van der Waals surface area contributed by atoms with Crippen molar-refractivity contribution < 1.29 is 42.0 Å². The summed E-state index contributed by atoms with van der Waals surface area (Å²) in [4.78, 5) is 40.8. The second-order valence-electron chi connectivity index (χ2n) is 9.32. The van der Waals surface area contributed by atoms with Gasteiger partial charge in [-0.2, -0.15) is 4.98 Å². The Kier molecular flexibility index (Phi) is 15.6. The summed E-state index contributed by atoms with van der Waals surface area (Å²) in [5.74, 6) is -1.11. The molecule has 0 aromatic carbocycles. The van der Waals surface area contributed by atoms with E-state index < -0.39 is 63.5 Å². The minimum atomic E-state index is -3.23. The number of carbonyl (C=O) groups excluding carboxylic acids is 2. The van der Waals surface area contributed by atoms with Gasteiger partial charge >= 0.3 is 11.7 Å². The normalized spacial score (nSPS) is 15.7. The van der Waals surface area contributed by atoms with E-state index in [0.29, 0.717) is 12.8 Å². The van der Waals surface area contributed by atoms with Crippen LogP contribution in [0.1, 0.15) is 73.5 Å². The van der Waals surface area contributed by atoms with Crippen LogP contribution in [0.2, 0.25) is 0 Å². The lowest BCUT2D eigenvalue weighted by Gasteiger charge is -2.27. The van der Waals surface area contributed by atoms with Crippen molar-refractivity contribution in [2.75, 3.05) is 11.9 Å². The van der Waals surface area contributed by atoms with E-state index in [1.54, 1.807) is 13.8 Å². The van der Waals surface area contributed by atoms with Gasteiger partial charge in [-0.05, 0) is 46.6 Å². The first-order valence-electron chi connectivity index (χ1n) is 13.0. The Labute approximate surface area is 227 Å². The number of alkyl halides is 2. The molecule has 1 amide bonds. The van der Waals surface area contributed by atoms with E-state index in [4.69, 9.17) is 14.0 Å². The van der Waals surface area contributed by atoms with Crippen LogP contribution in [0, 0.1) is 5.92 Å². The molecule has 0 aliphatic carbocycles. The zero-order valence-corrected chi connectivity index (χ0v) is 24.2. The minimum Gasteiger partial charge on any atom is -0.462 e. The van der Waals surface area contributed by atoms with E-state index in [0.717, 1.165) is 17.4 Å². The highest BCUT2D eigenvalue weighted by atomic mass is 31.1. The Morgan fingerprint density at radius 1 is 1.15 bits per heavy atom. The second kappa shape index (κ2) is 17.4. The van der Waals surface area contributed by atoms with Gasteiger partial charge in [-0.25, -0.2) is 18.7 Å².